The molecule has 0 bridgehead atoms. The van der Waals surface area contributed by atoms with Gasteiger partial charge >= 0.3 is 0 Å². The molecule has 1 aromatic rings. The Morgan fingerprint density at radius 1 is 1.27 bits per heavy atom. The molecule has 1 aliphatic rings. The van der Waals surface area contributed by atoms with Crippen molar-refractivity contribution in [2.75, 3.05) is 23.7 Å². The standard InChI is InChI=1S/C6H10N4S/c7-5-6(9-11-8-5)10-3-1-2-4-10/h1-4H2,(H2,7,8). The first-order valence-corrected chi connectivity index (χ1v) is 4.44. The molecule has 0 amide bonds. The molecular formula is C6H10N4S. The van der Waals surface area contributed by atoms with Crippen LogP contribution in [0.5, 0.6) is 0 Å². The van der Waals surface area contributed by atoms with Crippen molar-refractivity contribution in [3.63, 3.8) is 0 Å². The highest BCUT2D eigenvalue weighted by molar-refractivity contribution is 6.99. The third kappa shape index (κ3) is 1.16. The summed E-state index contributed by atoms with van der Waals surface area (Å²) in [4.78, 5) is 2.19. The molecule has 0 unspecified atom stereocenters. The maximum absolute atomic E-state index is 5.62. The summed E-state index contributed by atoms with van der Waals surface area (Å²) in [5.74, 6) is 1.46. The Labute approximate surface area is 69.3 Å². The van der Waals surface area contributed by atoms with Gasteiger partial charge in [0.1, 0.15) is 0 Å². The summed E-state index contributed by atoms with van der Waals surface area (Å²) in [6.45, 7) is 2.16. The van der Waals surface area contributed by atoms with Crippen LogP contribution < -0.4 is 10.6 Å². The van der Waals surface area contributed by atoms with Gasteiger partial charge in [0.05, 0.1) is 11.7 Å². The van der Waals surface area contributed by atoms with Gasteiger partial charge in [-0.1, -0.05) is 0 Å². The van der Waals surface area contributed by atoms with Crippen molar-refractivity contribution < 1.29 is 0 Å². The summed E-state index contributed by atoms with van der Waals surface area (Å²) in [6, 6.07) is 0. The summed E-state index contributed by atoms with van der Waals surface area (Å²) in [7, 11) is 0. The molecule has 0 aromatic carbocycles. The van der Waals surface area contributed by atoms with E-state index in [9.17, 15) is 0 Å². The zero-order valence-electron chi connectivity index (χ0n) is 6.16. The molecule has 4 nitrogen and oxygen atoms in total. The summed E-state index contributed by atoms with van der Waals surface area (Å²) in [5.41, 5.74) is 5.62. The number of nitrogens with zero attached hydrogens (tertiary/aromatic N) is 3. The van der Waals surface area contributed by atoms with Gasteiger partial charge in [-0.2, -0.15) is 8.75 Å². The van der Waals surface area contributed by atoms with Gasteiger partial charge in [-0.3, -0.25) is 0 Å². The number of anilines is 2. The van der Waals surface area contributed by atoms with Crippen LogP contribution in [0.2, 0.25) is 0 Å². The van der Waals surface area contributed by atoms with Crippen LogP contribution in [-0.4, -0.2) is 21.8 Å². The lowest BCUT2D eigenvalue weighted by Crippen LogP contribution is -2.19. The van der Waals surface area contributed by atoms with Gasteiger partial charge in [0.25, 0.3) is 0 Å². The molecule has 0 radical (unpaired) electrons. The smallest absolute Gasteiger partial charge is 0.186 e. The summed E-state index contributed by atoms with van der Waals surface area (Å²) in [6.07, 6.45) is 2.49. The van der Waals surface area contributed by atoms with E-state index in [0.717, 1.165) is 18.9 Å². The molecule has 5 heteroatoms. The fourth-order valence-corrected chi connectivity index (χ4v) is 1.84. The van der Waals surface area contributed by atoms with Gasteiger partial charge in [-0.15, -0.1) is 0 Å². The van der Waals surface area contributed by atoms with Crippen molar-refractivity contribution in [1.29, 1.82) is 0 Å². The maximum Gasteiger partial charge on any atom is 0.186 e. The average molecular weight is 170 g/mol. The molecule has 1 fully saturated rings. The number of nitrogen functional groups attached to an aromatic ring is 1. The number of nitrogens with two attached hydrogens (primary N) is 1. The van der Waals surface area contributed by atoms with E-state index in [1.807, 2.05) is 0 Å². The zero-order chi connectivity index (χ0) is 7.68. The third-order valence-electron chi connectivity index (χ3n) is 1.90. The van der Waals surface area contributed by atoms with Gasteiger partial charge in [-0.25, -0.2) is 0 Å². The van der Waals surface area contributed by atoms with Crippen LogP contribution in [0.1, 0.15) is 12.8 Å². The van der Waals surface area contributed by atoms with Gasteiger partial charge in [0, 0.05) is 13.1 Å². The molecule has 0 aliphatic carbocycles. The minimum absolute atomic E-state index is 0.580. The van der Waals surface area contributed by atoms with Crippen LogP contribution in [0.25, 0.3) is 0 Å². The highest BCUT2D eigenvalue weighted by Crippen LogP contribution is 2.23. The van der Waals surface area contributed by atoms with Crippen molar-refractivity contribution in [1.82, 2.24) is 8.75 Å². The van der Waals surface area contributed by atoms with E-state index in [4.69, 9.17) is 5.73 Å². The second-order valence-electron chi connectivity index (χ2n) is 2.67. The van der Waals surface area contributed by atoms with E-state index in [1.54, 1.807) is 0 Å². The second kappa shape index (κ2) is 2.65. The Bertz CT molecular complexity index is 240. The second-order valence-corrected chi connectivity index (χ2v) is 3.20. The Morgan fingerprint density at radius 3 is 2.55 bits per heavy atom. The van der Waals surface area contributed by atoms with Crippen LogP contribution in [0.15, 0.2) is 0 Å². The lowest BCUT2D eigenvalue weighted by molar-refractivity contribution is 0.949. The van der Waals surface area contributed by atoms with Crippen LogP contribution >= 0.6 is 11.7 Å². The largest absolute Gasteiger partial charge is 0.380 e. The molecule has 2 N–H and O–H groups in total. The SMILES string of the molecule is Nc1nsnc1N1CCCC1. The number of aromatic nitrogens is 2. The lowest BCUT2D eigenvalue weighted by Gasteiger charge is -2.12. The molecule has 1 aliphatic heterocycles. The molecule has 1 saturated heterocycles. The lowest BCUT2D eigenvalue weighted by atomic mass is 10.4. The van der Waals surface area contributed by atoms with Crippen molar-refractivity contribution in [3.8, 4) is 0 Å². The van der Waals surface area contributed by atoms with Crippen LogP contribution in [0.4, 0.5) is 11.6 Å². The highest BCUT2D eigenvalue weighted by Gasteiger charge is 2.17. The first-order valence-electron chi connectivity index (χ1n) is 3.71. The predicted molar refractivity (Wildman–Crippen MR) is 45.8 cm³/mol. The molecule has 0 saturated carbocycles. The van der Waals surface area contributed by atoms with E-state index >= 15 is 0 Å². The number of rotatable bonds is 1. The average Bonchev–Trinajstić information content (AvgIpc) is 2.55. The predicted octanol–water partition coefficient (Wildman–Crippen LogP) is 0.721. The number of hydrogen-bond acceptors (Lipinski definition) is 5. The molecule has 0 atom stereocenters. The van der Waals surface area contributed by atoms with Gasteiger partial charge in [0.15, 0.2) is 11.6 Å². The van der Waals surface area contributed by atoms with Crippen LogP contribution in [-0.2, 0) is 0 Å². The molecule has 0 spiro atoms. The monoisotopic (exact) mass is 170 g/mol. The molecule has 60 valence electrons. The Kier molecular flexibility index (Phi) is 1.65. The first kappa shape index (κ1) is 6.84. The van der Waals surface area contributed by atoms with E-state index in [2.05, 4.69) is 13.6 Å². The van der Waals surface area contributed by atoms with E-state index < -0.39 is 0 Å². The van der Waals surface area contributed by atoms with E-state index in [-0.39, 0.29) is 0 Å². The fourth-order valence-electron chi connectivity index (χ4n) is 1.34. The molecule has 2 rings (SSSR count). The van der Waals surface area contributed by atoms with Crippen molar-refractivity contribution >= 4 is 23.4 Å². The fraction of sp³-hybridized carbons (Fsp3) is 0.667. The van der Waals surface area contributed by atoms with Crippen molar-refractivity contribution in [2.24, 2.45) is 0 Å². The van der Waals surface area contributed by atoms with Crippen molar-refractivity contribution in [3.05, 3.63) is 0 Å². The molecule has 1 aromatic heterocycles. The van der Waals surface area contributed by atoms with Crippen LogP contribution in [0.3, 0.4) is 0 Å². The molecule has 2 heterocycles. The quantitative estimate of drug-likeness (QED) is 0.674. The summed E-state index contributed by atoms with van der Waals surface area (Å²) < 4.78 is 8.06. The molecule has 11 heavy (non-hydrogen) atoms. The topological polar surface area (TPSA) is 55.0 Å². The summed E-state index contributed by atoms with van der Waals surface area (Å²) >= 11 is 1.19. The number of hydrogen-bond donors (Lipinski definition) is 1. The third-order valence-corrected chi connectivity index (χ3v) is 2.43. The minimum Gasteiger partial charge on any atom is -0.380 e. The van der Waals surface area contributed by atoms with E-state index in [0.29, 0.717) is 5.82 Å². The van der Waals surface area contributed by atoms with Crippen LogP contribution in [0, 0.1) is 0 Å². The van der Waals surface area contributed by atoms with Gasteiger partial charge < -0.3 is 10.6 Å². The normalized spacial score (nSPS) is 17.6. The first-order chi connectivity index (χ1) is 5.38. The van der Waals surface area contributed by atoms with Crippen molar-refractivity contribution in [2.45, 2.75) is 12.8 Å². The Morgan fingerprint density at radius 2 is 2.00 bits per heavy atom. The minimum atomic E-state index is 0.580. The molecular weight excluding hydrogens is 160 g/mol. The maximum atomic E-state index is 5.62. The Hall–Kier alpha value is -0.840. The van der Waals surface area contributed by atoms with E-state index in [1.165, 1.54) is 24.6 Å². The van der Waals surface area contributed by atoms with Gasteiger partial charge in [0.2, 0.25) is 0 Å². The van der Waals surface area contributed by atoms with Gasteiger partial charge in [-0.05, 0) is 12.8 Å². The Balaban J connectivity index is 2.21. The zero-order valence-corrected chi connectivity index (χ0v) is 6.97. The summed E-state index contributed by atoms with van der Waals surface area (Å²) in [5, 5.41) is 0. The highest BCUT2D eigenvalue weighted by atomic mass is 32.1.